The summed E-state index contributed by atoms with van der Waals surface area (Å²) in [5, 5.41) is 0. The van der Waals surface area contributed by atoms with E-state index < -0.39 is 11.6 Å². The van der Waals surface area contributed by atoms with Crippen molar-refractivity contribution >= 4 is 0 Å². The number of nitrogens with two attached hydrogens (primary N) is 1. The first-order valence-electron chi connectivity index (χ1n) is 7.06. The van der Waals surface area contributed by atoms with E-state index in [4.69, 9.17) is 5.73 Å². The highest BCUT2D eigenvalue weighted by molar-refractivity contribution is 5.22. The molecule has 0 aliphatic carbocycles. The number of hydrogen-bond acceptors (Lipinski definition) is 2. The van der Waals surface area contributed by atoms with E-state index in [0.717, 1.165) is 37.9 Å². The van der Waals surface area contributed by atoms with Crippen molar-refractivity contribution in [3.63, 3.8) is 0 Å². The van der Waals surface area contributed by atoms with Crippen molar-refractivity contribution < 1.29 is 8.78 Å². The second-order valence-electron chi connectivity index (χ2n) is 5.24. The molecule has 1 heterocycles. The van der Waals surface area contributed by atoms with Gasteiger partial charge in [-0.3, -0.25) is 4.90 Å². The van der Waals surface area contributed by atoms with Gasteiger partial charge >= 0.3 is 0 Å². The Kier molecular flexibility index (Phi) is 4.88. The second-order valence-corrected chi connectivity index (χ2v) is 5.24. The molecule has 2 atom stereocenters. The van der Waals surface area contributed by atoms with Gasteiger partial charge < -0.3 is 5.73 Å². The van der Waals surface area contributed by atoms with E-state index in [9.17, 15) is 8.78 Å². The van der Waals surface area contributed by atoms with Crippen LogP contribution in [-0.4, -0.2) is 24.5 Å². The fourth-order valence-corrected chi connectivity index (χ4v) is 3.10. The van der Waals surface area contributed by atoms with Crippen LogP contribution in [0.2, 0.25) is 0 Å². The minimum atomic E-state index is -0.787. The highest BCUT2D eigenvalue weighted by Gasteiger charge is 2.29. The zero-order valence-electron chi connectivity index (χ0n) is 11.4. The first-order chi connectivity index (χ1) is 9.17. The fourth-order valence-electron chi connectivity index (χ4n) is 3.10. The van der Waals surface area contributed by atoms with Crippen molar-refractivity contribution in [2.24, 2.45) is 11.7 Å². The van der Waals surface area contributed by atoms with E-state index in [2.05, 4.69) is 11.8 Å². The Bertz CT molecular complexity index is 409. The molecule has 1 aromatic carbocycles. The SMILES string of the molecule is CCN1CCCCC(CN)C1c1ccc(F)c(F)c1. The van der Waals surface area contributed by atoms with E-state index >= 15 is 0 Å². The van der Waals surface area contributed by atoms with Crippen molar-refractivity contribution in [3.05, 3.63) is 35.4 Å². The maximum absolute atomic E-state index is 13.5. The Morgan fingerprint density at radius 2 is 2.05 bits per heavy atom. The lowest BCUT2D eigenvalue weighted by Gasteiger charge is -2.34. The predicted molar refractivity (Wildman–Crippen MR) is 72.7 cm³/mol. The third-order valence-corrected chi connectivity index (χ3v) is 4.10. The summed E-state index contributed by atoms with van der Waals surface area (Å²) in [5.74, 6) is -1.24. The van der Waals surface area contributed by atoms with Gasteiger partial charge in [0.25, 0.3) is 0 Å². The van der Waals surface area contributed by atoms with Crippen LogP contribution in [0.25, 0.3) is 0 Å². The standard InChI is InChI=1S/C15H22F2N2/c1-2-19-8-4-3-5-12(10-18)15(19)11-6-7-13(16)14(17)9-11/h6-7,9,12,15H,2-5,8,10,18H2,1H3. The zero-order chi connectivity index (χ0) is 13.8. The van der Waals surface area contributed by atoms with Crippen molar-refractivity contribution in [1.82, 2.24) is 4.90 Å². The lowest BCUT2D eigenvalue weighted by Crippen LogP contribution is -2.35. The molecule has 2 rings (SSSR count). The lowest BCUT2D eigenvalue weighted by atomic mass is 9.89. The molecule has 1 aromatic rings. The van der Waals surface area contributed by atoms with Gasteiger partial charge in [-0.05, 0) is 56.1 Å². The molecule has 0 saturated carbocycles. The van der Waals surface area contributed by atoms with Gasteiger partial charge in [-0.1, -0.05) is 19.4 Å². The summed E-state index contributed by atoms with van der Waals surface area (Å²) >= 11 is 0. The summed E-state index contributed by atoms with van der Waals surface area (Å²) in [7, 11) is 0. The minimum Gasteiger partial charge on any atom is -0.330 e. The van der Waals surface area contributed by atoms with Gasteiger partial charge in [0.05, 0.1) is 0 Å². The smallest absolute Gasteiger partial charge is 0.159 e. The largest absolute Gasteiger partial charge is 0.330 e. The highest BCUT2D eigenvalue weighted by Crippen LogP contribution is 2.34. The lowest BCUT2D eigenvalue weighted by molar-refractivity contribution is 0.166. The molecule has 0 aromatic heterocycles. The number of halogens is 2. The number of benzene rings is 1. The Labute approximate surface area is 113 Å². The number of hydrogen-bond donors (Lipinski definition) is 1. The maximum Gasteiger partial charge on any atom is 0.159 e. The molecule has 19 heavy (non-hydrogen) atoms. The minimum absolute atomic E-state index is 0.104. The van der Waals surface area contributed by atoms with Crippen molar-refractivity contribution in [2.45, 2.75) is 32.2 Å². The van der Waals surface area contributed by atoms with Crippen LogP contribution in [0, 0.1) is 17.6 Å². The molecule has 2 N–H and O–H groups in total. The van der Waals surface area contributed by atoms with Crippen molar-refractivity contribution in [3.8, 4) is 0 Å². The van der Waals surface area contributed by atoms with E-state index in [0.29, 0.717) is 12.5 Å². The van der Waals surface area contributed by atoms with Gasteiger partial charge in [-0.15, -0.1) is 0 Å². The van der Waals surface area contributed by atoms with Gasteiger partial charge in [0, 0.05) is 6.04 Å². The van der Waals surface area contributed by atoms with E-state index in [-0.39, 0.29) is 6.04 Å². The van der Waals surface area contributed by atoms with Crippen molar-refractivity contribution in [2.75, 3.05) is 19.6 Å². The van der Waals surface area contributed by atoms with Crippen LogP contribution in [0.5, 0.6) is 0 Å². The molecule has 1 fully saturated rings. The molecular weight excluding hydrogens is 246 g/mol. The van der Waals surface area contributed by atoms with Gasteiger partial charge in [0.1, 0.15) is 0 Å². The summed E-state index contributed by atoms with van der Waals surface area (Å²) in [6.07, 6.45) is 3.35. The van der Waals surface area contributed by atoms with E-state index in [1.165, 1.54) is 12.1 Å². The summed E-state index contributed by atoms with van der Waals surface area (Å²) in [4.78, 5) is 2.33. The topological polar surface area (TPSA) is 29.3 Å². The maximum atomic E-state index is 13.5. The van der Waals surface area contributed by atoms with Crippen LogP contribution in [0.3, 0.4) is 0 Å². The number of rotatable bonds is 3. The predicted octanol–water partition coefficient (Wildman–Crippen LogP) is 3.09. The first-order valence-corrected chi connectivity index (χ1v) is 7.06. The van der Waals surface area contributed by atoms with Gasteiger partial charge in [-0.2, -0.15) is 0 Å². The average Bonchev–Trinajstić information content (AvgIpc) is 2.63. The molecule has 1 saturated heterocycles. The molecule has 0 amide bonds. The van der Waals surface area contributed by atoms with Crippen LogP contribution >= 0.6 is 0 Å². The summed E-state index contributed by atoms with van der Waals surface area (Å²) < 4.78 is 26.6. The molecule has 2 nitrogen and oxygen atoms in total. The highest BCUT2D eigenvalue weighted by atomic mass is 19.2. The quantitative estimate of drug-likeness (QED) is 0.912. The number of nitrogens with zero attached hydrogens (tertiary/aromatic N) is 1. The summed E-state index contributed by atoms with van der Waals surface area (Å²) in [6.45, 7) is 4.59. The van der Waals surface area contributed by atoms with E-state index in [1.54, 1.807) is 6.07 Å². The van der Waals surface area contributed by atoms with E-state index in [1.807, 2.05) is 0 Å². The summed E-state index contributed by atoms with van der Waals surface area (Å²) in [6, 6.07) is 4.35. The summed E-state index contributed by atoms with van der Waals surface area (Å²) in [5.41, 5.74) is 6.74. The Balaban J connectivity index is 2.36. The van der Waals surface area contributed by atoms with Gasteiger partial charge in [0.15, 0.2) is 11.6 Å². The van der Waals surface area contributed by atoms with Crippen LogP contribution in [0.4, 0.5) is 8.78 Å². The van der Waals surface area contributed by atoms with Crippen molar-refractivity contribution in [1.29, 1.82) is 0 Å². The van der Waals surface area contributed by atoms with Gasteiger partial charge in [0.2, 0.25) is 0 Å². The normalized spacial score (nSPS) is 25.3. The molecule has 0 bridgehead atoms. The first kappa shape index (κ1) is 14.4. The molecule has 2 unspecified atom stereocenters. The Morgan fingerprint density at radius 1 is 1.26 bits per heavy atom. The molecule has 106 valence electrons. The third-order valence-electron chi connectivity index (χ3n) is 4.10. The number of likely N-dealkylation sites (tertiary alicyclic amines) is 1. The molecule has 1 aliphatic heterocycles. The molecule has 1 aliphatic rings. The zero-order valence-corrected chi connectivity index (χ0v) is 11.4. The second kappa shape index (κ2) is 6.44. The fraction of sp³-hybridized carbons (Fsp3) is 0.600. The molecular formula is C15H22F2N2. The van der Waals surface area contributed by atoms with Crippen LogP contribution < -0.4 is 5.73 Å². The monoisotopic (exact) mass is 268 g/mol. The third kappa shape index (κ3) is 3.12. The Morgan fingerprint density at radius 3 is 2.68 bits per heavy atom. The van der Waals surface area contributed by atoms with Crippen LogP contribution in [-0.2, 0) is 0 Å². The molecule has 4 heteroatoms. The van der Waals surface area contributed by atoms with Crippen LogP contribution in [0.15, 0.2) is 18.2 Å². The van der Waals surface area contributed by atoms with Gasteiger partial charge in [-0.25, -0.2) is 8.78 Å². The average molecular weight is 268 g/mol. The Hall–Kier alpha value is -1.00. The van der Waals surface area contributed by atoms with Crippen LogP contribution in [0.1, 0.15) is 37.8 Å². The molecule has 0 spiro atoms. The molecule has 0 radical (unpaired) electrons.